The smallest absolute Gasteiger partial charge is 0.242 e. The number of nitrogens with zero attached hydrogens (tertiary/aromatic N) is 4. The number of aromatic nitrogens is 4. The summed E-state index contributed by atoms with van der Waals surface area (Å²) in [6.07, 6.45) is 4.47. The Morgan fingerprint density at radius 3 is 3.05 bits per heavy atom. The van der Waals surface area contributed by atoms with Crippen molar-refractivity contribution in [3.63, 3.8) is 0 Å². The minimum absolute atomic E-state index is 0.123. The number of hydrogen-bond acceptors (Lipinski definition) is 6. The van der Waals surface area contributed by atoms with Gasteiger partial charge in [0.15, 0.2) is 0 Å². The highest BCUT2D eigenvalue weighted by Gasteiger charge is 2.07. The number of thiazole rings is 1. The molecule has 2 heterocycles. The lowest BCUT2D eigenvalue weighted by Gasteiger charge is -2.02. The molecule has 1 amide bonds. The fourth-order valence-electron chi connectivity index (χ4n) is 1.48. The van der Waals surface area contributed by atoms with E-state index in [1.807, 2.05) is 6.20 Å². The average molecular weight is 280 g/mol. The molecular weight excluding hydrogens is 264 g/mol. The third-order valence-electron chi connectivity index (χ3n) is 2.49. The molecule has 0 spiro atoms. The van der Waals surface area contributed by atoms with Gasteiger partial charge in [-0.25, -0.2) is 9.67 Å². The molecule has 0 unspecified atom stereocenters. The summed E-state index contributed by atoms with van der Waals surface area (Å²) in [6.45, 7) is 2.98. The molecular formula is C11H16N6OS. The van der Waals surface area contributed by atoms with E-state index in [0.29, 0.717) is 18.8 Å². The second-order valence-electron chi connectivity index (χ2n) is 3.96. The zero-order chi connectivity index (χ0) is 13.7. The number of nitrogens with one attached hydrogen (secondary N) is 1. The molecule has 2 aromatic rings. The quantitative estimate of drug-likeness (QED) is 0.780. The van der Waals surface area contributed by atoms with Gasteiger partial charge in [-0.15, -0.1) is 16.4 Å². The Balaban J connectivity index is 1.81. The van der Waals surface area contributed by atoms with Crippen LogP contribution in [0.3, 0.4) is 0 Å². The molecule has 0 aliphatic carbocycles. The van der Waals surface area contributed by atoms with Crippen molar-refractivity contribution in [3.8, 4) is 0 Å². The maximum atomic E-state index is 11.7. The van der Waals surface area contributed by atoms with E-state index in [0.717, 1.165) is 11.4 Å². The molecule has 2 rings (SSSR count). The van der Waals surface area contributed by atoms with Gasteiger partial charge in [0.25, 0.3) is 0 Å². The van der Waals surface area contributed by atoms with Gasteiger partial charge in [0.2, 0.25) is 5.91 Å². The highest BCUT2D eigenvalue weighted by Crippen LogP contribution is 2.12. The summed E-state index contributed by atoms with van der Waals surface area (Å²) in [5.41, 5.74) is 6.09. The normalized spacial score (nSPS) is 10.6. The fraction of sp³-hybridized carbons (Fsp3) is 0.455. The second kappa shape index (κ2) is 6.39. The molecule has 0 aliphatic heterocycles. The molecule has 0 radical (unpaired) electrons. The van der Waals surface area contributed by atoms with Gasteiger partial charge >= 0.3 is 0 Å². The van der Waals surface area contributed by atoms with Crippen LogP contribution in [0.15, 0.2) is 12.4 Å². The lowest BCUT2D eigenvalue weighted by atomic mass is 10.4. The summed E-state index contributed by atoms with van der Waals surface area (Å²) in [4.78, 5) is 17.2. The minimum atomic E-state index is -0.123. The summed E-state index contributed by atoms with van der Waals surface area (Å²) >= 11 is 1.61. The monoisotopic (exact) mass is 280 g/mol. The first kappa shape index (κ1) is 13.6. The van der Waals surface area contributed by atoms with Gasteiger partial charge in [-0.05, 0) is 6.42 Å². The largest absolute Gasteiger partial charge is 0.348 e. The third kappa shape index (κ3) is 3.83. The number of carbonyl (C=O) groups is 1. The minimum Gasteiger partial charge on any atom is -0.348 e. The summed E-state index contributed by atoms with van der Waals surface area (Å²) in [6, 6.07) is 0. The van der Waals surface area contributed by atoms with Crippen LogP contribution in [-0.2, 0) is 30.8 Å². The Morgan fingerprint density at radius 1 is 1.58 bits per heavy atom. The van der Waals surface area contributed by atoms with Crippen LogP contribution in [0.1, 0.15) is 22.5 Å². The summed E-state index contributed by atoms with van der Waals surface area (Å²) < 4.78 is 1.47. The van der Waals surface area contributed by atoms with Crippen LogP contribution in [0.25, 0.3) is 0 Å². The van der Waals surface area contributed by atoms with Gasteiger partial charge in [-0.2, -0.15) is 0 Å². The molecule has 7 nitrogen and oxygen atoms in total. The zero-order valence-corrected chi connectivity index (χ0v) is 11.5. The van der Waals surface area contributed by atoms with Crippen LogP contribution in [0.2, 0.25) is 0 Å². The Hall–Kier alpha value is -1.80. The first-order valence-electron chi connectivity index (χ1n) is 6.00. The number of amides is 1. The third-order valence-corrected chi connectivity index (χ3v) is 3.63. The van der Waals surface area contributed by atoms with Gasteiger partial charge < -0.3 is 11.1 Å². The number of nitrogens with two attached hydrogens (primary N) is 1. The molecule has 0 saturated carbocycles. The summed E-state index contributed by atoms with van der Waals surface area (Å²) in [5.74, 6) is -0.123. The number of carbonyl (C=O) groups excluding carboxylic acids is 1. The molecule has 2 aromatic heterocycles. The Kier molecular flexibility index (Phi) is 4.58. The standard InChI is InChI=1S/C11H16N6OS/c1-2-9-4-14-11(19-9)5-13-10(18)7-17-6-8(3-12)15-16-17/h4,6H,2-3,5,7,12H2,1H3,(H,13,18). The molecule has 0 atom stereocenters. The van der Waals surface area contributed by atoms with Crippen molar-refractivity contribution in [2.45, 2.75) is 33.0 Å². The Morgan fingerprint density at radius 2 is 2.42 bits per heavy atom. The molecule has 19 heavy (non-hydrogen) atoms. The van der Waals surface area contributed by atoms with Crippen LogP contribution in [-0.4, -0.2) is 25.9 Å². The van der Waals surface area contributed by atoms with Crippen LogP contribution in [0.5, 0.6) is 0 Å². The van der Waals surface area contributed by atoms with E-state index < -0.39 is 0 Å². The highest BCUT2D eigenvalue weighted by molar-refractivity contribution is 7.11. The van der Waals surface area contributed by atoms with Crippen molar-refractivity contribution in [3.05, 3.63) is 28.0 Å². The number of rotatable bonds is 6. The van der Waals surface area contributed by atoms with Crippen LogP contribution in [0.4, 0.5) is 0 Å². The number of aryl methyl sites for hydroxylation is 1. The predicted octanol–water partition coefficient (Wildman–Crippen LogP) is 0.0721. The van der Waals surface area contributed by atoms with Crippen molar-refractivity contribution >= 4 is 17.2 Å². The highest BCUT2D eigenvalue weighted by atomic mass is 32.1. The van der Waals surface area contributed by atoms with Crippen molar-refractivity contribution in [2.75, 3.05) is 0 Å². The molecule has 0 bridgehead atoms. The second-order valence-corrected chi connectivity index (χ2v) is 5.16. The predicted molar refractivity (Wildman–Crippen MR) is 71.3 cm³/mol. The SMILES string of the molecule is CCc1cnc(CNC(=O)Cn2cc(CN)nn2)s1. The molecule has 0 fully saturated rings. The molecule has 8 heteroatoms. The van der Waals surface area contributed by atoms with E-state index in [4.69, 9.17) is 5.73 Å². The van der Waals surface area contributed by atoms with Crippen molar-refractivity contribution in [1.29, 1.82) is 0 Å². The van der Waals surface area contributed by atoms with Crippen molar-refractivity contribution < 1.29 is 4.79 Å². The average Bonchev–Trinajstić information content (AvgIpc) is 3.04. The maximum absolute atomic E-state index is 11.7. The first-order valence-corrected chi connectivity index (χ1v) is 6.82. The van der Waals surface area contributed by atoms with E-state index in [1.165, 1.54) is 9.56 Å². The van der Waals surface area contributed by atoms with Crippen LogP contribution in [0, 0.1) is 0 Å². The van der Waals surface area contributed by atoms with E-state index in [1.54, 1.807) is 17.5 Å². The first-order chi connectivity index (χ1) is 9.21. The lowest BCUT2D eigenvalue weighted by Crippen LogP contribution is -2.27. The Bertz CT molecular complexity index is 549. The summed E-state index contributed by atoms with van der Waals surface area (Å²) in [7, 11) is 0. The molecule has 102 valence electrons. The molecule has 0 saturated heterocycles. The van der Waals surface area contributed by atoms with E-state index in [2.05, 4.69) is 27.5 Å². The van der Waals surface area contributed by atoms with E-state index in [-0.39, 0.29) is 12.5 Å². The Labute approximate surface area is 114 Å². The zero-order valence-electron chi connectivity index (χ0n) is 10.7. The van der Waals surface area contributed by atoms with E-state index in [9.17, 15) is 4.79 Å². The van der Waals surface area contributed by atoms with Crippen molar-refractivity contribution in [1.82, 2.24) is 25.3 Å². The topological polar surface area (TPSA) is 98.7 Å². The van der Waals surface area contributed by atoms with Gasteiger partial charge in [-0.3, -0.25) is 4.79 Å². The summed E-state index contributed by atoms with van der Waals surface area (Å²) in [5, 5.41) is 11.3. The molecule has 3 N–H and O–H groups in total. The number of hydrogen-bond donors (Lipinski definition) is 2. The van der Waals surface area contributed by atoms with Crippen LogP contribution < -0.4 is 11.1 Å². The van der Waals surface area contributed by atoms with Gasteiger partial charge in [0.1, 0.15) is 11.6 Å². The van der Waals surface area contributed by atoms with E-state index >= 15 is 0 Å². The van der Waals surface area contributed by atoms with Gasteiger partial charge in [0.05, 0.1) is 18.4 Å². The molecule has 0 aliphatic rings. The van der Waals surface area contributed by atoms with Crippen LogP contribution >= 0.6 is 11.3 Å². The maximum Gasteiger partial charge on any atom is 0.242 e. The van der Waals surface area contributed by atoms with Crippen molar-refractivity contribution in [2.24, 2.45) is 5.73 Å². The molecule has 0 aromatic carbocycles. The van der Waals surface area contributed by atoms with Gasteiger partial charge in [-0.1, -0.05) is 12.1 Å². The lowest BCUT2D eigenvalue weighted by molar-refractivity contribution is -0.122. The fourth-order valence-corrected chi connectivity index (χ4v) is 2.28. The van der Waals surface area contributed by atoms with Gasteiger partial charge in [0, 0.05) is 17.6 Å².